The summed E-state index contributed by atoms with van der Waals surface area (Å²) in [5, 5.41) is 8.87. The van der Waals surface area contributed by atoms with Gasteiger partial charge in [0.05, 0.1) is 13.2 Å². The molecule has 3 N–H and O–H groups in total. The van der Waals surface area contributed by atoms with E-state index >= 15 is 0 Å². The van der Waals surface area contributed by atoms with Gasteiger partial charge in [-0.25, -0.2) is 0 Å². The highest BCUT2D eigenvalue weighted by molar-refractivity contribution is 5.80. The lowest BCUT2D eigenvalue weighted by Crippen LogP contribution is -2.31. The van der Waals surface area contributed by atoms with E-state index < -0.39 is 0 Å². The van der Waals surface area contributed by atoms with Crippen LogP contribution >= 0.6 is 0 Å². The Morgan fingerprint density at radius 3 is 2.52 bits per heavy atom. The van der Waals surface area contributed by atoms with Crippen molar-refractivity contribution < 1.29 is 9.53 Å². The predicted molar refractivity (Wildman–Crippen MR) is 79.4 cm³/mol. The van der Waals surface area contributed by atoms with Gasteiger partial charge in [0, 0.05) is 12.6 Å². The number of nitrogens with zero attached hydrogens (tertiary/aromatic N) is 3. The maximum atomic E-state index is 11.6. The molecule has 0 spiro atoms. The van der Waals surface area contributed by atoms with Gasteiger partial charge in [-0.3, -0.25) is 4.79 Å². The van der Waals surface area contributed by atoms with Gasteiger partial charge in [0.2, 0.25) is 17.8 Å². The third-order valence-electron chi connectivity index (χ3n) is 2.77. The highest BCUT2D eigenvalue weighted by Gasteiger charge is 2.23. The number of carbonyl (C=O) groups excluding carboxylic acids is 1. The van der Waals surface area contributed by atoms with Gasteiger partial charge in [0.15, 0.2) is 0 Å². The van der Waals surface area contributed by atoms with E-state index in [-0.39, 0.29) is 18.5 Å². The molecule has 0 radical (unpaired) electrons. The topological polar surface area (TPSA) is 101 Å². The highest BCUT2D eigenvalue weighted by atomic mass is 16.5. The van der Waals surface area contributed by atoms with Crippen molar-refractivity contribution in [2.24, 2.45) is 0 Å². The molecule has 1 aromatic heterocycles. The first-order valence-corrected chi connectivity index (χ1v) is 7.37. The van der Waals surface area contributed by atoms with E-state index in [1.54, 1.807) is 0 Å². The molecule has 0 unspecified atom stereocenters. The third-order valence-corrected chi connectivity index (χ3v) is 2.77. The number of nitrogens with one attached hydrogen (secondary N) is 3. The van der Waals surface area contributed by atoms with Crippen LogP contribution in [0.25, 0.3) is 0 Å². The SMILES string of the molecule is CCCNc1nc(NCC(=O)NC2CC2)nc(OCC)n1. The average Bonchev–Trinajstić information content (AvgIpc) is 3.27. The molecule has 1 aliphatic rings. The van der Waals surface area contributed by atoms with Gasteiger partial charge in [-0.15, -0.1) is 0 Å². The smallest absolute Gasteiger partial charge is 0.323 e. The molecule has 0 aromatic carbocycles. The second-order valence-corrected chi connectivity index (χ2v) is 4.82. The summed E-state index contributed by atoms with van der Waals surface area (Å²) >= 11 is 0. The lowest BCUT2D eigenvalue weighted by molar-refractivity contribution is -0.119. The zero-order valence-electron chi connectivity index (χ0n) is 12.5. The zero-order valence-corrected chi connectivity index (χ0v) is 12.5. The van der Waals surface area contributed by atoms with E-state index in [0.29, 0.717) is 24.5 Å². The minimum atomic E-state index is -0.0565. The molecule has 8 heteroatoms. The molecule has 1 saturated carbocycles. The van der Waals surface area contributed by atoms with Gasteiger partial charge in [-0.2, -0.15) is 15.0 Å². The molecular weight excluding hydrogens is 272 g/mol. The van der Waals surface area contributed by atoms with Crippen LogP contribution in [0.3, 0.4) is 0 Å². The van der Waals surface area contributed by atoms with Crippen LogP contribution in [0.4, 0.5) is 11.9 Å². The average molecular weight is 294 g/mol. The van der Waals surface area contributed by atoms with Gasteiger partial charge in [0.25, 0.3) is 0 Å². The Labute approximate surface area is 124 Å². The van der Waals surface area contributed by atoms with E-state index in [4.69, 9.17) is 4.74 Å². The van der Waals surface area contributed by atoms with Crippen LogP contribution in [-0.2, 0) is 4.79 Å². The number of hydrogen-bond acceptors (Lipinski definition) is 7. The van der Waals surface area contributed by atoms with Crippen molar-refractivity contribution in [3.63, 3.8) is 0 Å². The van der Waals surface area contributed by atoms with Gasteiger partial charge < -0.3 is 20.7 Å². The monoisotopic (exact) mass is 294 g/mol. The summed E-state index contributed by atoms with van der Waals surface area (Å²) < 4.78 is 5.31. The summed E-state index contributed by atoms with van der Waals surface area (Å²) in [6.45, 7) is 5.29. The van der Waals surface area contributed by atoms with Crippen LogP contribution in [0.2, 0.25) is 0 Å². The Kier molecular flexibility index (Phi) is 5.53. The Balaban J connectivity index is 1.94. The third kappa shape index (κ3) is 5.41. The fraction of sp³-hybridized carbons (Fsp3) is 0.692. The minimum Gasteiger partial charge on any atom is -0.464 e. The van der Waals surface area contributed by atoms with E-state index in [9.17, 15) is 4.79 Å². The molecule has 0 aliphatic heterocycles. The van der Waals surface area contributed by atoms with Crippen molar-refractivity contribution in [1.82, 2.24) is 20.3 Å². The molecule has 2 rings (SSSR count). The normalized spacial score (nSPS) is 13.6. The lowest BCUT2D eigenvalue weighted by atomic mass is 10.5. The van der Waals surface area contributed by atoms with Crippen molar-refractivity contribution in [1.29, 1.82) is 0 Å². The van der Waals surface area contributed by atoms with Crippen LogP contribution in [0.1, 0.15) is 33.1 Å². The number of amides is 1. The number of ether oxygens (including phenoxy) is 1. The Bertz CT molecular complexity index is 478. The summed E-state index contributed by atoms with van der Waals surface area (Å²) in [5.74, 6) is 0.720. The van der Waals surface area contributed by atoms with Crippen molar-refractivity contribution in [2.75, 3.05) is 30.3 Å². The number of aromatic nitrogens is 3. The van der Waals surface area contributed by atoms with Crippen LogP contribution in [-0.4, -0.2) is 46.6 Å². The van der Waals surface area contributed by atoms with Crippen molar-refractivity contribution in [2.45, 2.75) is 39.2 Å². The fourth-order valence-electron chi connectivity index (χ4n) is 1.61. The Morgan fingerprint density at radius 1 is 1.19 bits per heavy atom. The summed E-state index contributed by atoms with van der Waals surface area (Å²) in [5.41, 5.74) is 0. The number of rotatable bonds is 9. The lowest BCUT2D eigenvalue weighted by Gasteiger charge is -2.09. The van der Waals surface area contributed by atoms with Gasteiger partial charge in [-0.05, 0) is 26.2 Å². The van der Waals surface area contributed by atoms with E-state index in [1.807, 2.05) is 6.92 Å². The molecular formula is C13H22N6O2. The van der Waals surface area contributed by atoms with Crippen molar-refractivity contribution in [3.05, 3.63) is 0 Å². The first-order chi connectivity index (χ1) is 10.2. The molecule has 21 heavy (non-hydrogen) atoms. The highest BCUT2D eigenvalue weighted by Crippen LogP contribution is 2.18. The molecule has 0 bridgehead atoms. The summed E-state index contributed by atoms with van der Waals surface area (Å²) in [6, 6.07) is 0.592. The first-order valence-electron chi connectivity index (χ1n) is 7.37. The molecule has 1 amide bonds. The molecule has 1 aromatic rings. The quantitative estimate of drug-likeness (QED) is 0.618. The van der Waals surface area contributed by atoms with Gasteiger partial charge in [0.1, 0.15) is 0 Å². The number of anilines is 2. The molecule has 1 aliphatic carbocycles. The fourth-order valence-corrected chi connectivity index (χ4v) is 1.61. The molecule has 0 atom stereocenters. The second-order valence-electron chi connectivity index (χ2n) is 4.82. The summed E-state index contributed by atoms with van der Waals surface area (Å²) in [4.78, 5) is 24.1. The number of carbonyl (C=O) groups is 1. The molecule has 8 nitrogen and oxygen atoms in total. The van der Waals surface area contributed by atoms with Crippen LogP contribution in [0.15, 0.2) is 0 Å². The van der Waals surface area contributed by atoms with Crippen molar-refractivity contribution >= 4 is 17.8 Å². The Morgan fingerprint density at radius 2 is 1.90 bits per heavy atom. The molecule has 1 fully saturated rings. The van der Waals surface area contributed by atoms with Crippen LogP contribution < -0.4 is 20.7 Å². The minimum absolute atomic E-state index is 0.0565. The van der Waals surface area contributed by atoms with E-state index in [1.165, 1.54) is 0 Å². The van der Waals surface area contributed by atoms with Gasteiger partial charge >= 0.3 is 6.01 Å². The van der Waals surface area contributed by atoms with Gasteiger partial charge in [-0.1, -0.05) is 6.92 Å². The van der Waals surface area contributed by atoms with Crippen LogP contribution in [0.5, 0.6) is 6.01 Å². The largest absolute Gasteiger partial charge is 0.464 e. The molecule has 1 heterocycles. The maximum Gasteiger partial charge on any atom is 0.323 e. The molecule has 116 valence electrons. The van der Waals surface area contributed by atoms with E-state index in [2.05, 4.69) is 37.8 Å². The number of hydrogen-bond donors (Lipinski definition) is 3. The Hall–Kier alpha value is -2.12. The standard InChI is InChI=1S/C13H22N6O2/c1-3-7-14-11-17-12(19-13(18-11)21-4-2)15-8-10(20)16-9-5-6-9/h9H,3-8H2,1-2H3,(H,16,20)(H2,14,15,17,18,19). The summed E-state index contributed by atoms with van der Waals surface area (Å²) in [6.07, 6.45) is 3.09. The summed E-state index contributed by atoms with van der Waals surface area (Å²) in [7, 11) is 0. The second kappa shape index (κ2) is 7.61. The zero-order chi connectivity index (χ0) is 15.1. The predicted octanol–water partition coefficient (Wildman–Crippen LogP) is 0.783. The maximum absolute atomic E-state index is 11.6. The first kappa shape index (κ1) is 15.3. The van der Waals surface area contributed by atoms with Crippen LogP contribution in [0, 0.1) is 0 Å². The van der Waals surface area contributed by atoms with E-state index in [0.717, 1.165) is 25.8 Å². The molecule has 0 saturated heterocycles. The van der Waals surface area contributed by atoms with Crippen molar-refractivity contribution in [3.8, 4) is 6.01 Å².